The second kappa shape index (κ2) is 11.3. The van der Waals surface area contributed by atoms with E-state index in [2.05, 4.69) is 20.4 Å². The summed E-state index contributed by atoms with van der Waals surface area (Å²) in [4.78, 5) is 59.5. The number of fused-ring (bicyclic) bond motifs is 2. The maximum absolute atomic E-state index is 13.0. The van der Waals surface area contributed by atoms with Crippen molar-refractivity contribution >= 4 is 34.7 Å². The fourth-order valence-electron chi connectivity index (χ4n) is 5.17. The van der Waals surface area contributed by atoms with Crippen LogP contribution in [-0.4, -0.2) is 60.9 Å². The lowest BCUT2D eigenvalue weighted by atomic mass is 10.0. The number of nitrogens with zero attached hydrogens (tertiary/aromatic N) is 5. The van der Waals surface area contributed by atoms with Crippen LogP contribution in [0.4, 0.5) is 0 Å². The van der Waals surface area contributed by atoms with Gasteiger partial charge in [0.2, 0.25) is 11.8 Å². The van der Waals surface area contributed by atoms with E-state index >= 15 is 0 Å². The third kappa shape index (κ3) is 5.43. The van der Waals surface area contributed by atoms with E-state index in [9.17, 15) is 19.2 Å². The topological polar surface area (TPSA) is 136 Å². The molecule has 0 saturated carbocycles. The number of carbonyl (C=O) groups excluding carboxylic acids is 4. The van der Waals surface area contributed by atoms with Crippen LogP contribution in [-0.2, 0) is 16.1 Å². The highest BCUT2D eigenvalue weighted by Crippen LogP contribution is 2.30. The first-order chi connectivity index (χ1) is 20.0. The number of ether oxygens (including phenoxy) is 1. The quantitative estimate of drug-likeness (QED) is 0.233. The standard InChI is InChI=1S/C30H28N6O5/c37-27-12-11-26(28(38)34-27)36-29(39)21-10-9-20(15-22(21)30(36)40)41-14-6-2-1-5-13-35-18-19(16-32-35)25-17-31-23-7-3-4-8-24(23)33-25/h3-4,7-10,15-18,26H,1-2,5-6,11-14H2,(H,34,37,38). The number of aryl methyl sites for hydroxylation is 1. The Kier molecular flexibility index (Phi) is 7.24. The minimum absolute atomic E-state index is 0.0850. The molecule has 0 radical (unpaired) electrons. The van der Waals surface area contributed by atoms with Crippen LogP contribution in [0.1, 0.15) is 59.2 Å². The lowest BCUT2D eigenvalue weighted by Gasteiger charge is -2.27. The van der Waals surface area contributed by atoms with Crippen molar-refractivity contribution in [3.63, 3.8) is 0 Å². The van der Waals surface area contributed by atoms with Gasteiger partial charge in [0.25, 0.3) is 11.8 Å². The number of unbranched alkanes of at least 4 members (excludes halogenated alkanes) is 3. The zero-order valence-corrected chi connectivity index (χ0v) is 22.3. The Balaban J connectivity index is 0.944. The van der Waals surface area contributed by atoms with E-state index in [-0.39, 0.29) is 24.0 Å². The SMILES string of the molecule is O=C1CCC(N2C(=O)c3ccc(OCCCCCCn4cc(-c5cnc6ccccc6n5)cn4)cc3C2=O)C(=O)N1. The molecule has 1 atom stereocenters. The number of hydrogen-bond acceptors (Lipinski definition) is 8. The van der Waals surface area contributed by atoms with E-state index in [1.54, 1.807) is 24.4 Å². The molecule has 1 saturated heterocycles. The molecular weight excluding hydrogens is 524 g/mol. The van der Waals surface area contributed by atoms with Crippen molar-refractivity contribution < 1.29 is 23.9 Å². The van der Waals surface area contributed by atoms with Crippen LogP contribution < -0.4 is 10.1 Å². The Morgan fingerprint density at radius 3 is 2.56 bits per heavy atom. The molecule has 2 aliphatic heterocycles. The van der Waals surface area contributed by atoms with Crippen LogP contribution in [0, 0.1) is 0 Å². The largest absolute Gasteiger partial charge is 0.494 e. The summed E-state index contributed by atoms with van der Waals surface area (Å²) in [5, 5.41) is 6.66. The first-order valence-electron chi connectivity index (χ1n) is 13.7. The van der Waals surface area contributed by atoms with E-state index in [1.165, 1.54) is 0 Å². The van der Waals surface area contributed by atoms with E-state index in [0.29, 0.717) is 12.4 Å². The molecule has 11 heteroatoms. The van der Waals surface area contributed by atoms with Crippen molar-refractivity contribution in [1.29, 1.82) is 0 Å². The summed E-state index contributed by atoms with van der Waals surface area (Å²) in [6.07, 6.45) is 9.56. The maximum Gasteiger partial charge on any atom is 0.262 e. The zero-order chi connectivity index (χ0) is 28.3. The van der Waals surface area contributed by atoms with E-state index < -0.39 is 29.7 Å². The van der Waals surface area contributed by atoms with Crippen molar-refractivity contribution in [2.75, 3.05) is 6.61 Å². The molecule has 2 aliphatic rings. The first kappa shape index (κ1) is 26.3. The number of rotatable bonds is 10. The number of amides is 4. The smallest absolute Gasteiger partial charge is 0.262 e. The molecule has 4 amide bonds. The molecule has 0 spiro atoms. The van der Waals surface area contributed by atoms with Gasteiger partial charge in [-0.3, -0.25) is 39.1 Å². The molecular formula is C30H28N6O5. The Morgan fingerprint density at radius 2 is 1.71 bits per heavy atom. The van der Waals surface area contributed by atoms with Gasteiger partial charge < -0.3 is 4.74 Å². The number of hydrogen-bond donors (Lipinski definition) is 1. The molecule has 2 aromatic heterocycles. The fraction of sp³-hybridized carbons (Fsp3) is 0.300. The van der Waals surface area contributed by atoms with Crippen LogP contribution in [0.5, 0.6) is 5.75 Å². The Labute approximate surface area is 235 Å². The highest BCUT2D eigenvalue weighted by molar-refractivity contribution is 6.23. The molecule has 11 nitrogen and oxygen atoms in total. The van der Waals surface area contributed by atoms with Crippen molar-refractivity contribution in [2.45, 2.75) is 51.1 Å². The molecule has 208 valence electrons. The molecule has 1 N–H and O–H groups in total. The van der Waals surface area contributed by atoms with Crippen molar-refractivity contribution in [3.05, 3.63) is 72.2 Å². The molecule has 1 fully saturated rings. The normalized spacial score (nSPS) is 16.8. The minimum atomic E-state index is -0.981. The Hall–Kier alpha value is -4.93. The van der Waals surface area contributed by atoms with Crippen molar-refractivity contribution in [2.24, 2.45) is 0 Å². The summed E-state index contributed by atoms with van der Waals surface area (Å²) in [7, 11) is 0. The van der Waals surface area contributed by atoms with Gasteiger partial charge in [-0.25, -0.2) is 4.98 Å². The number of para-hydroxylation sites is 2. The van der Waals surface area contributed by atoms with Gasteiger partial charge in [0, 0.05) is 24.7 Å². The summed E-state index contributed by atoms with van der Waals surface area (Å²) in [5.41, 5.74) is 3.91. The summed E-state index contributed by atoms with van der Waals surface area (Å²) < 4.78 is 7.76. The van der Waals surface area contributed by atoms with Gasteiger partial charge in [0.05, 0.1) is 46.9 Å². The average Bonchev–Trinajstić information content (AvgIpc) is 3.55. The third-order valence-corrected chi connectivity index (χ3v) is 7.34. The average molecular weight is 553 g/mol. The Morgan fingerprint density at radius 1 is 0.902 bits per heavy atom. The minimum Gasteiger partial charge on any atom is -0.494 e. The van der Waals surface area contributed by atoms with Crippen LogP contribution >= 0.6 is 0 Å². The monoisotopic (exact) mass is 552 g/mol. The van der Waals surface area contributed by atoms with E-state index in [1.807, 2.05) is 41.3 Å². The Bertz CT molecular complexity index is 1660. The molecule has 0 aliphatic carbocycles. The summed E-state index contributed by atoms with van der Waals surface area (Å²) in [6, 6.07) is 11.6. The lowest BCUT2D eigenvalue weighted by molar-refractivity contribution is -0.136. The predicted molar refractivity (Wildman–Crippen MR) is 148 cm³/mol. The van der Waals surface area contributed by atoms with Gasteiger partial charge in [-0.05, 0) is 56.0 Å². The second-order valence-electron chi connectivity index (χ2n) is 10.2. The number of benzene rings is 2. The predicted octanol–water partition coefficient (Wildman–Crippen LogP) is 3.53. The van der Waals surface area contributed by atoms with Crippen LogP contribution in [0.15, 0.2) is 61.1 Å². The number of aromatic nitrogens is 4. The zero-order valence-electron chi connectivity index (χ0n) is 22.3. The van der Waals surface area contributed by atoms with Crippen molar-refractivity contribution in [3.8, 4) is 17.0 Å². The number of nitrogens with one attached hydrogen (secondary N) is 1. The van der Waals surface area contributed by atoms with Crippen LogP contribution in [0.3, 0.4) is 0 Å². The van der Waals surface area contributed by atoms with E-state index in [0.717, 1.165) is 59.4 Å². The maximum atomic E-state index is 13.0. The first-order valence-corrected chi connectivity index (χ1v) is 13.7. The number of piperidine rings is 1. The van der Waals surface area contributed by atoms with Gasteiger partial charge in [-0.2, -0.15) is 5.10 Å². The van der Waals surface area contributed by atoms with Gasteiger partial charge in [0.1, 0.15) is 11.8 Å². The van der Waals surface area contributed by atoms with E-state index in [4.69, 9.17) is 4.74 Å². The molecule has 4 aromatic rings. The number of carbonyl (C=O) groups is 4. The van der Waals surface area contributed by atoms with Gasteiger partial charge in [-0.1, -0.05) is 18.6 Å². The molecule has 2 aromatic carbocycles. The van der Waals surface area contributed by atoms with Gasteiger partial charge in [0.15, 0.2) is 0 Å². The molecule has 4 heterocycles. The summed E-state index contributed by atoms with van der Waals surface area (Å²) in [6.45, 7) is 1.27. The second-order valence-corrected chi connectivity index (χ2v) is 10.2. The molecule has 6 rings (SSSR count). The fourth-order valence-corrected chi connectivity index (χ4v) is 5.17. The number of imide groups is 2. The van der Waals surface area contributed by atoms with Gasteiger partial charge in [-0.15, -0.1) is 0 Å². The molecule has 1 unspecified atom stereocenters. The summed E-state index contributed by atoms with van der Waals surface area (Å²) >= 11 is 0. The van der Waals surface area contributed by atoms with Gasteiger partial charge >= 0.3 is 0 Å². The lowest BCUT2D eigenvalue weighted by Crippen LogP contribution is -2.54. The molecule has 0 bridgehead atoms. The molecule has 41 heavy (non-hydrogen) atoms. The van der Waals surface area contributed by atoms with Crippen molar-refractivity contribution in [1.82, 2.24) is 30.0 Å². The highest BCUT2D eigenvalue weighted by atomic mass is 16.5. The van der Waals surface area contributed by atoms with Crippen LogP contribution in [0.2, 0.25) is 0 Å². The summed E-state index contributed by atoms with van der Waals surface area (Å²) in [5.74, 6) is -1.60. The highest BCUT2D eigenvalue weighted by Gasteiger charge is 2.44. The van der Waals surface area contributed by atoms with Crippen LogP contribution in [0.25, 0.3) is 22.3 Å². The third-order valence-electron chi connectivity index (χ3n) is 7.34.